The monoisotopic (exact) mass is 264 g/mol. The fourth-order valence-electron chi connectivity index (χ4n) is 3.42. The van der Waals surface area contributed by atoms with Crippen molar-refractivity contribution < 1.29 is 4.39 Å². The Morgan fingerprint density at radius 1 is 1.21 bits per heavy atom. The zero-order chi connectivity index (χ0) is 13.7. The largest absolute Gasteiger partial charge is 0.372 e. The first kappa shape index (κ1) is 14.3. The van der Waals surface area contributed by atoms with Gasteiger partial charge in [0, 0.05) is 25.6 Å². The van der Waals surface area contributed by atoms with Gasteiger partial charge in [0.15, 0.2) is 0 Å². The van der Waals surface area contributed by atoms with Crippen LogP contribution in [0, 0.1) is 11.2 Å². The maximum atomic E-state index is 13.8. The standard InChI is InChI=1S/C16H25FN2/c1-18-12-16(10-6-3-7-11-16)13-19(2)15-9-5-4-8-14(15)17/h4-5,8-9,18H,3,6-7,10-13H2,1-2H3. The SMILES string of the molecule is CNCC1(CN(C)c2ccccc2F)CCCCC1. The van der Waals surface area contributed by atoms with Gasteiger partial charge < -0.3 is 10.2 Å². The highest BCUT2D eigenvalue weighted by Crippen LogP contribution is 2.37. The van der Waals surface area contributed by atoms with E-state index < -0.39 is 0 Å². The summed E-state index contributed by atoms with van der Waals surface area (Å²) in [4.78, 5) is 2.08. The molecule has 0 amide bonds. The van der Waals surface area contributed by atoms with Crippen molar-refractivity contribution in [3.63, 3.8) is 0 Å². The van der Waals surface area contributed by atoms with Gasteiger partial charge in [0.1, 0.15) is 5.82 Å². The Bertz CT molecular complexity index is 394. The number of anilines is 1. The fourth-order valence-corrected chi connectivity index (χ4v) is 3.42. The number of nitrogens with zero attached hydrogens (tertiary/aromatic N) is 1. The Morgan fingerprint density at radius 3 is 2.53 bits per heavy atom. The number of nitrogens with one attached hydrogen (secondary N) is 1. The molecule has 3 heteroatoms. The Morgan fingerprint density at radius 2 is 1.89 bits per heavy atom. The molecule has 0 spiro atoms. The van der Waals surface area contributed by atoms with Gasteiger partial charge in [-0.15, -0.1) is 0 Å². The molecule has 0 atom stereocenters. The van der Waals surface area contributed by atoms with Gasteiger partial charge >= 0.3 is 0 Å². The van der Waals surface area contributed by atoms with Crippen LogP contribution in [0.25, 0.3) is 0 Å². The van der Waals surface area contributed by atoms with Crippen LogP contribution in [0.3, 0.4) is 0 Å². The molecular weight excluding hydrogens is 239 g/mol. The molecule has 0 saturated heterocycles. The third-order valence-corrected chi connectivity index (χ3v) is 4.30. The van der Waals surface area contributed by atoms with Crippen LogP contribution in [0.4, 0.5) is 10.1 Å². The van der Waals surface area contributed by atoms with E-state index in [0.29, 0.717) is 11.1 Å². The van der Waals surface area contributed by atoms with E-state index in [1.165, 1.54) is 38.2 Å². The van der Waals surface area contributed by atoms with E-state index in [1.54, 1.807) is 6.07 Å². The second-order valence-electron chi connectivity index (χ2n) is 5.90. The molecule has 1 aliphatic carbocycles. The maximum absolute atomic E-state index is 13.8. The minimum absolute atomic E-state index is 0.125. The van der Waals surface area contributed by atoms with Crippen molar-refractivity contribution in [1.29, 1.82) is 0 Å². The second kappa shape index (κ2) is 6.38. The Hall–Kier alpha value is -1.09. The molecule has 1 aromatic carbocycles. The lowest BCUT2D eigenvalue weighted by molar-refractivity contribution is 0.193. The van der Waals surface area contributed by atoms with Gasteiger partial charge in [-0.2, -0.15) is 0 Å². The number of rotatable bonds is 5. The summed E-state index contributed by atoms with van der Waals surface area (Å²) < 4.78 is 13.8. The van der Waals surface area contributed by atoms with Gasteiger partial charge in [-0.1, -0.05) is 31.4 Å². The molecule has 0 radical (unpaired) electrons. The lowest BCUT2D eigenvalue weighted by Crippen LogP contribution is -2.43. The summed E-state index contributed by atoms with van der Waals surface area (Å²) in [6.07, 6.45) is 6.42. The molecule has 0 unspecified atom stereocenters. The fraction of sp³-hybridized carbons (Fsp3) is 0.625. The summed E-state index contributed by atoms with van der Waals surface area (Å²) in [7, 11) is 4.02. The van der Waals surface area contributed by atoms with Crippen LogP contribution in [-0.2, 0) is 0 Å². The number of benzene rings is 1. The summed E-state index contributed by atoms with van der Waals surface area (Å²) in [6.45, 7) is 1.95. The minimum atomic E-state index is -0.125. The smallest absolute Gasteiger partial charge is 0.146 e. The first-order chi connectivity index (χ1) is 9.17. The van der Waals surface area contributed by atoms with Crippen LogP contribution in [0.1, 0.15) is 32.1 Å². The lowest BCUT2D eigenvalue weighted by Gasteiger charge is -2.41. The summed E-state index contributed by atoms with van der Waals surface area (Å²) in [5, 5.41) is 3.33. The number of hydrogen-bond acceptors (Lipinski definition) is 2. The molecule has 0 aliphatic heterocycles. The number of halogens is 1. The molecule has 106 valence electrons. The van der Waals surface area contributed by atoms with Gasteiger partial charge in [-0.3, -0.25) is 0 Å². The van der Waals surface area contributed by atoms with Crippen molar-refractivity contribution in [3.05, 3.63) is 30.1 Å². The van der Waals surface area contributed by atoms with Crippen molar-refractivity contribution in [2.24, 2.45) is 5.41 Å². The molecule has 1 N–H and O–H groups in total. The molecule has 1 aromatic rings. The van der Waals surface area contributed by atoms with E-state index in [-0.39, 0.29) is 5.82 Å². The van der Waals surface area contributed by atoms with Crippen LogP contribution in [0.5, 0.6) is 0 Å². The third-order valence-electron chi connectivity index (χ3n) is 4.30. The van der Waals surface area contributed by atoms with Crippen molar-refractivity contribution in [1.82, 2.24) is 5.32 Å². The highest BCUT2D eigenvalue weighted by Gasteiger charge is 2.33. The Labute approximate surface area is 116 Å². The lowest BCUT2D eigenvalue weighted by atomic mass is 9.73. The first-order valence-electron chi connectivity index (χ1n) is 7.27. The number of para-hydroxylation sites is 1. The molecule has 2 nitrogen and oxygen atoms in total. The van der Waals surface area contributed by atoms with Crippen LogP contribution in [0.15, 0.2) is 24.3 Å². The zero-order valence-electron chi connectivity index (χ0n) is 12.1. The molecule has 0 aromatic heterocycles. The van der Waals surface area contributed by atoms with Crippen LogP contribution < -0.4 is 10.2 Å². The molecule has 0 heterocycles. The first-order valence-corrected chi connectivity index (χ1v) is 7.27. The summed E-state index contributed by atoms with van der Waals surface area (Å²) in [5.41, 5.74) is 1.01. The predicted octanol–water partition coefficient (Wildman–Crippen LogP) is 3.43. The van der Waals surface area contributed by atoms with Gasteiger partial charge in [-0.25, -0.2) is 4.39 Å². The van der Waals surface area contributed by atoms with E-state index >= 15 is 0 Å². The molecule has 19 heavy (non-hydrogen) atoms. The average Bonchev–Trinajstić information content (AvgIpc) is 2.40. The summed E-state index contributed by atoms with van der Waals surface area (Å²) in [6, 6.07) is 7.06. The summed E-state index contributed by atoms with van der Waals surface area (Å²) >= 11 is 0. The Balaban J connectivity index is 2.10. The third kappa shape index (κ3) is 3.47. The number of hydrogen-bond donors (Lipinski definition) is 1. The highest BCUT2D eigenvalue weighted by molar-refractivity contribution is 5.47. The van der Waals surface area contributed by atoms with Gasteiger partial charge in [0.05, 0.1) is 5.69 Å². The molecule has 1 fully saturated rings. The van der Waals surface area contributed by atoms with E-state index in [4.69, 9.17) is 0 Å². The molecule has 1 saturated carbocycles. The Kier molecular flexibility index (Phi) is 4.81. The normalized spacial score (nSPS) is 18.3. The van der Waals surface area contributed by atoms with Gasteiger partial charge in [0.2, 0.25) is 0 Å². The van der Waals surface area contributed by atoms with Crippen molar-refractivity contribution in [2.45, 2.75) is 32.1 Å². The topological polar surface area (TPSA) is 15.3 Å². The molecular formula is C16H25FN2. The van der Waals surface area contributed by atoms with E-state index in [9.17, 15) is 4.39 Å². The second-order valence-corrected chi connectivity index (χ2v) is 5.90. The van der Waals surface area contributed by atoms with Crippen LogP contribution in [-0.4, -0.2) is 27.2 Å². The zero-order valence-corrected chi connectivity index (χ0v) is 12.1. The van der Waals surface area contributed by atoms with Crippen LogP contribution >= 0.6 is 0 Å². The molecule has 0 bridgehead atoms. The quantitative estimate of drug-likeness (QED) is 0.876. The maximum Gasteiger partial charge on any atom is 0.146 e. The van der Waals surface area contributed by atoms with E-state index in [2.05, 4.69) is 10.2 Å². The van der Waals surface area contributed by atoms with Crippen molar-refractivity contribution in [3.8, 4) is 0 Å². The van der Waals surface area contributed by atoms with Crippen LogP contribution in [0.2, 0.25) is 0 Å². The van der Waals surface area contributed by atoms with E-state index in [0.717, 1.165) is 13.1 Å². The molecule has 1 aliphatic rings. The average molecular weight is 264 g/mol. The molecule has 2 rings (SSSR count). The van der Waals surface area contributed by atoms with E-state index in [1.807, 2.05) is 26.2 Å². The van der Waals surface area contributed by atoms with Gasteiger partial charge in [0.25, 0.3) is 0 Å². The van der Waals surface area contributed by atoms with Crippen molar-refractivity contribution in [2.75, 3.05) is 32.1 Å². The minimum Gasteiger partial charge on any atom is -0.372 e. The summed E-state index contributed by atoms with van der Waals surface area (Å²) in [5.74, 6) is -0.125. The predicted molar refractivity (Wildman–Crippen MR) is 79.1 cm³/mol. The highest BCUT2D eigenvalue weighted by atomic mass is 19.1. The van der Waals surface area contributed by atoms with Crippen molar-refractivity contribution >= 4 is 5.69 Å². The van der Waals surface area contributed by atoms with Gasteiger partial charge in [-0.05, 0) is 32.0 Å².